The number of aliphatic hydroxyl groups is 1. The molecule has 2 aromatic heterocycles. The molecular weight excluding hydrogens is 344 g/mol. The zero-order valence-corrected chi connectivity index (χ0v) is 15.4. The van der Waals surface area contributed by atoms with E-state index in [4.69, 9.17) is 4.74 Å². The number of carbonyl (C=O) groups excluding carboxylic acids is 1. The molecule has 1 aliphatic carbocycles. The van der Waals surface area contributed by atoms with Gasteiger partial charge in [-0.15, -0.1) is 0 Å². The Morgan fingerprint density at radius 1 is 1.30 bits per heavy atom. The molecule has 7 nitrogen and oxygen atoms in total. The fraction of sp³-hybridized carbons (Fsp3) is 0.550. The van der Waals surface area contributed by atoms with Crippen molar-refractivity contribution in [2.45, 2.75) is 50.2 Å². The summed E-state index contributed by atoms with van der Waals surface area (Å²) in [5.74, 6) is 0.0115. The number of carbonyl (C=O) groups is 1. The van der Waals surface area contributed by atoms with Crippen LogP contribution >= 0.6 is 0 Å². The average Bonchev–Trinajstić information content (AvgIpc) is 3.23. The molecule has 3 heterocycles. The molecule has 1 atom stereocenters. The smallest absolute Gasteiger partial charge is 0.225 e. The first-order valence-corrected chi connectivity index (χ1v) is 9.71. The molecule has 27 heavy (non-hydrogen) atoms. The van der Waals surface area contributed by atoms with Crippen molar-refractivity contribution in [3.63, 3.8) is 0 Å². The minimum atomic E-state index is -0.831. The number of ether oxygens (including phenoxy) is 1. The highest BCUT2D eigenvalue weighted by molar-refractivity contribution is 5.77. The van der Waals surface area contributed by atoms with Gasteiger partial charge in [0.2, 0.25) is 5.91 Å². The molecule has 2 aromatic rings. The Balaban J connectivity index is 1.43. The van der Waals surface area contributed by atoms with Gasteiger partial charge in [-0.3, -0.25) is 9.89 Å². The molecule has 1 saturated carbocycles. The molecular formula is C20H26N4O3. The zero-order chi connectivity index (χ0) is 18.7. The van der Waals surface area contributed by atoms with Gasteiger partial charge in [-0.1, -0.05) is 25.3 Å². The van der Waals surface area contributed by atoms with E-state index < -0.39 is 5.60 Å². The van der Waals surface area contributed by atoms with E-state index in [1.165, 1.54) is 0 Å². The highest BCUT2D eigenvalue weighted by Gasteiger charge is 2.35. The van der Waals surface area contributed by atoms with Crippen LogP contribution in [-0.2, 0) is 9.53 Å². The summed E-state index contributed by atoms with van der Waals surface area (Å²) in [5.41, 5.74) is 1.62. The lowest BCUT2D eigenvalue weighted by Gasteiger charge is -2.37. The fourth-order valence-electron chi connectivity index (χ4n) is 4.01. The number of morpholine rings is 1. The minimum absolute atomic E-state index is 0.0115. The Bertz CT molecular complexity index is 771. The van der Waals surface area contributed by atoms with Crippen molar-refractivity contribution in [1.29, 1.82) is 0 Å². The van der Waals surface area contributed by atoms with Gasteiger partial charge in [0.05, 0.1) is 42.3 Å². The number of rotatable bonds is 4. The van der Waals surface area contributed by atoms with Crippen molar-refractivity contribution in [2.75, 3.05) is 19.7 Å². The zero-order valence-electron chi connectivity index (χ0n) is 15.4. The van der Waals surface area contributed by atoms with Gasteiger partial charge in [0.25, 0.3) is 0 Å². The SMILES string of the molecule is O=C(CC1(O)CCCCC1)N1CCO[C@H](c2cccc(-c3ccn[nH]3)n2)C1. The van der Waals surface area contributed by atoms with Crippen LogP contribution in [0, 0.1) is 0 Å². The van der Waals surface area contributed by atoms with Crippen LogP contribution in [0.1, 0.15) is 50.3 Å². The Morgan fingerprint density at radius 2 is 2.15 bits per heavy atom. The standard InChI is InChI=1S/C20H26N4O3/c25-19(13-20(26)8-2-1-3-9-20)24-11-12-27-18(14-24)17-6-4-5-15(22-17)16-7-10-21-23-16/h4-7,10,18,26H,1-3,8-9,11-14H2,(H,21,23)/t18-/m0/s1. The van der Waals surface area contributed by atoms with E-state index >= 15 is 0 Å². The number of aromatic amines is 1. The molecule has 0 unspecified atom stereocenters. The number of amides is 1. The van der Waals surface area contributed by atoms with Crippen LogP contribution in [0.3, 0.4) is 0 Å². The predicted octanol–water partition coefficient (Wildman–Crippen LogP) is 2.46. The third-order valence-electron chi connectivity index (χ3n) is 5.56. The van der Waals surface area contributed by atoms with E-state index in [2.05, 4.69) is 15.2 Å². The number of hydrogen-bond donors (Lipinski definition) is 2. The molecule has 2 fully saturated rings. The van der Waals surface area contributed by atoms with Crippen molar-refractivity contribution in [3.8, 4) is 11.4 Å². The lowest BCUT2D eigenvalue weighted by Crippen LogP contribution is -2.46. The molecule has 2 aliphatic rings. The minimum Gasteiger partial charge on any atom is -0.389 e. The van der Waals surface area contributed by atoms with Gasteiger partial charge in [0, 0.05) is 12.7 Å². The van der Waals surface area contributed by atoms with Crippen LogP contribution in [0.15, 0.2) is 30.5 Å². The Labute approximate surface area is 158 Å². The third-order valence-corrected chi connectivity index (χ3v) is 5.56. The molecule has 7 heteroatoms. The summed E-state index contributed by atoms with van der Waals surface area (Å²) in [4.78, 5) is 19.3. The summed E-state index contributed by atoms with van der Waals surface area (Å²) in [6.45, 7) is 1.50. The monoisotopic (exact) mass is 370 g/mol. The summed E-state index contributed by atoms with van der Waals surface area (Å²) in [6, 6.07) is 7.65. The van der Waals surface area contributed by atoms with Crippen LogP contribution in [0.25, 0.3) is 11.4 Å². The van der Waals surface area contributed by atoms with E-state index in [0.717, 1.165) is 49.2 Å². The molecule has 1 aliphatic heterocycles. The van der Waals surface area contributed by atoms with Crippen LogP contribution in [-0.4, -0.2) is 56.4 Å². The quantitative estimate of drug-likeness (QED) is 0.863. The number of pyridine rings is 1. The molecule has 0 spiro atoms. The second kappa shape index (κ2) is 7.78. The summed E-state index contributed by atoms with van der Waals surface area (Å²) < 4.78 is 5.89. The summed E-state index contributed by atoms with van der Waals surface area (Å²) in [7, 11) is 0. The summed E-state index contributed by atoms with van der Waals surface area (Å²) in [6.07, 6.45) is 6.24. The van der Waals surface area contributed by atoms with Crippen LogP contribution < -0.4 is 0 Å². The fourth-order valence-corrected chi connectivity index (χ4v) is 4.01. The van der Waals surface area contributed by atoms with Gasteiger partial charge in [-0.25, -0.2) is 4.98 Å². The number of H-pyrrole nitrogens is 1. The lowest BCUT2D eigenvalue weighted by molar-refractivity contribution is -0.145. The second-order valence-electron chi connectivity index (χ2n) is 7.58. The first-order valence-electron chi connectivity index (χ1n) is 9.71. The number of hydrogen-bond acceptors (Lipinski definition) is 5. The molecule has 2 N–H and O–H groups in total. The average molecular weight is 370 g/mol. The van der Waals surface area contributed by atoms with Crippen molar-refractivity contribution in [1.82, 2.24) is 20.1 Å². The van der Waals surface area contributed by atoms with E-state index in [-0.39, 0.29) is 18.4 Å². The Hall–Kier alpha value is -2.25. The molecule has 144 valence electrons. The molecule has 1 saturated heterocycles. The Morgan fingerprint density at radius 3 is 2.93 bits per heavy atom. The van der Waals surface area contributed by atoms with Crippen molar-refractivity contribution < 1.29 is 14.6 Å². The second-order valence-corrected chi connectivity index (χ2v) is 7.58. The maximum Gasteiger partial charge on any atom is 0.225 e. The van der Waals surface area contributed by atoms with Crippen LogP contribution in [0.4, 0.5) is 0 Å². The van der Waals surface area contributed by atoms with Gasteiger partial charge >= 0.3 is 0 Å². The lowest BCUT2D eigenvalue weighted by atomic mass is 9.82. The third kappa shape index (κ3) is 4.20. The first kappa shape index (κ1) is 18.1. The van der Waals surface area contributed by atoms with Crippen molar-refractivity contribution >= 4 is 5.91 Å². The van der Waals surface area contributed by atoms with E-state index in [1.807, 2.05) is 29.2 Å². The normalized spacial score (nSPS) is 22.6. The van der Waals surface area contributed by atoms with E-state index in [0.29, 0.717) is 19.7 Å². The predicted molar refractivity (Wildman–Crippen MR) is 99.7 cm³/mol. The van der Waals surface area contributed by atoms with Crippen molar-refractivity contribution in [3.05, 3.63) is 36.2 Å². The Kier molecular flexibility index (Phi) is 5.22. The topological polar surface area (TPSA) is 91.3 Å². The van der Waals surface area contributed by atoms with Gasteiger partial charge in [0.1, 0.15) is 6.10 Å². The van der Waals surface area contributed by atoms with E-state index in [9.17, 15) is 9.90 Å². The van der Waals surface area contributed by atoms with Crippen LogP contribution in [0.2, 0.25) is 0 Å². The molecule has 0 radical (unpaired) electrons. The summed E-state index contributed by atoms with van der Waals surface area (Å²) >= 11 is 0. The van der Waals surface area contributed by atoms with Crippen molar-refractivity contribution in [2.24, 2.45) is 0 Å². The number of nitrogens with one attached hydrogen (secondary N) is 1. The molecule has 0 aromatic carbocycles. The molecule has 1 amide bonds. The van der Waals surface area contributed by atoms with Crippen LogP contribution in [0.5, 0.6) is 0 Å². The van der Waals surface area contributed by atoms with Gasteiger partial charge < -0.3 is 14.7 Å². The van der Waals surface area contributed by atoms with E-state index in [1.54, 1.807) is 6.20 Å². The van der Waals surface area contributed by atoms with Gasteiger partial charge in [-0.05, 0) is 31.0 Å². The number of aromatic nitrogens is 3. The summed E-state index contributed by atoms with van der Waals surface area (Å²) in [5, 5.41) is 17.6. The highest BCUT2D eigenvalue weighted by atomic mass is 16.5. The van der Waals surface area contributed by atoms with Gasteiger partial charge in [0.15, 0.2) is 0 Å². The maximum atomic E-state index is 12.8. The first-order chi connectivity index (χ1) is 13.1. The highest BCUT2D eigenvalue weighted by Crippen LogP contribution is 2.32. The largest absolute Gasteiger partial charge is 0.389 e. The van der Waals surface area contributed by atoms with Gasteiger partial charge in [-0.2, -0.15) is 5.10 Å². The number of nitrogens with zero attached hydrogens (tertiary/aromatic N) is 3. The molecule has 4 rings (SSSR count). The maximum absolute atomic E-state index is 12.8. The molecule has 0 bridgehead atoms.